The van der Waals surface area contributed by atoms with E-state index in [1.165, 1.54) is 29.2 Å². The van der Waals surface area contributed by atoms with Crippen LogP contribution >= 0.6 is 0 Å². The molecule has 4 N–H and O–H groups in total. The van der Waals surface area contributed by atoms with Gasteiger partial charge in [-0.05, 0) is 67.3 Å². The molecule has 0 spiro atoms. The van der Waals surface area contributed by atoms with Crippen LogP contribution in [0.3, 0.4) is 0 Å². The fraction of sp³-hybridized carbons (Fsp3) is 0.263. The number of oxazole rings is 1. The van der Waals surface area contributed by atoms with Gasteiger partial charge in [0.1, 0.15) is 24.7 Å². The van der Waals surface area contributed by atoms with Crippen molar-refractivity contribution in [3.05, 3.63) is 107 Å². The molecule has 5 amide bonds. The topological polar surface area (TPSA) is 193 Å². The normalized spacial score (nSPS) is 15.6. The van der Waals surface area contributed by atoms with Crippen LogP contribution in [0.2, 0.25) is 0 Å². The number of imide groups is 2. The lowest BCUT2D eigenvalue weighted by Crippen LogP contribution is -2.54. The van der Waals surface area contributed by atoms with Crippen LogP contribution in [0.1, 0.15) is 73.7 Å². The summed E-state index contributed by atoms with van der Waals surface area (Å²) in [5.74, 6) is -3.36. The number of piperidine rings is 1. The van der Waals surface area contributed by atoms with E-state index >= 15 is 0 Å². The molecule has 1 unspecified atom stereocenters. The van der Waals surface area contributed by atoms with Gasteiger partial charge in [0.2, 0.25) is 17.7 Å². The number of carbonyl (C=O) groups is 5. The number of amides is 5. The van der Waals surface area contributed by atoms with Gasteiger partial charge in [-0.25, -0.2) is 23.4 Å². The van der Waals surface area contributed by atoms with Crippen molar-refractivity contribution < 1.29 is 50.3 Å². The van der Waals surface area contributed by atoms with Gasteiger partial charge in [-0.15, -0.1) is 0 Å². The van der Waals surface area contributed by atoms with Crippen molar-refractivity contribution in [2.75, 3.05) is 23.7 Å². The van der Waals surface area contributed by atoms with Crippen molar-refractivity contribution in [3.63, 3.8) is 0 Å². The minimum Gasteiger partial charge on any atom is -0.444 e. The van der Waals surface area contributed by atoms with Gasteiger partial charge in [0.25, 0.3) is 24.1 Å². The molecule has 5 aromatic rings. The summed E-state index contributed by atoms with van der Waals surface area (Å²) in [6.45, 7) is -0.334. The third-order valence-corrected chi connectivity index (χ3v) is 9.30. The van der Waals surface area contributed by atoms with Gasteiger partial charge in [0, 0.05) is 24.7 Å². The number of carbonyl (C=O) groups excluding carboxylic acids is 5. The first-order valence-electron chi connectivity index (χ1n) is 17.8. The maximum absolute atomic E-state index is 14.0. The highest BCUT2D eigenvalue weighted by atomic mass is 19.4. The van der Waals surface area contributed by atoms with Crippen molar-refractivity contribution in [2.45, 2.75) is 50.9 Å². The molecule has 0 aliphatic carbocycles. The first-order chi connectivity index (χ1) is 27.8. The number of rotatable bonds is 14. The molecule has 2 aliphatic rings. The highest BCUT2D eigenvalue weighted by Crippen LogP contribution is 2.31. The summed E-state index contributed by atoms with van der Waals surface area (Å²) in [6.07, 6.45) is -2.93. The molecule has 300 valence electrons. The van der Waals surface area contributed by atoms with Gasteiger partial charge in [-0.1, -0.05) is 24.3 Å². The molecule has 3 aromatic heterocycles. The summed E-state index contributed by atoms with van der Waals surface area (Å²) in [6, 6.07) is 13.4. The Morgan fingerprint density at radius 3 is 2.57 bits per heavy atom. The molecular formula is C38H32F5N9O6. The molecule has 1 saturated heterocycles. The van der Waals surface area contributed by atoms with Gasteiger partial charge in [0.05, 0.1) is 28.7 Å². The average Bonchev–Trinajstić information content (AvgIpc) is 3.92. The number of fused-ring (bicyclic) bond motifs is 1. The molecule has 20 heteroatoms. The summed E-state index contributed by atoms with van der Waals surface area (Å²) in [5, 5.41) is 13.9. The third-order valence-electron chi connectivity index (χ3n) is 9.30. The Labute approximate surface area is 325 Å². The van der Waals surface area contributed by atoms with Gasteiger partial charge in [-0.3, -0.25) is 34.2 Å². The number of nitrogens with zero attached hydrogens (tertiary/aromatic N) is 5. The van der Waals surface area contributed by atoms with Crippen LogP contribution in [-0.2, 0) is 22.6 Å². The van der Waals surface area contributed by atoms with E-state index in [0.717, 1.165) is 16.7 Å². The monoisotopic (exact) mass is 805 g/mol. The van der Waals surface area contributed by atoms with E-state index in [0.29, 0.717) is 37.2 Å². The first-order valence-corrected chi connectivity index (χ1v) is 17.8. The molecule has 1 atom stereocenters. The number of alkyl halides is 5. The van der Waals surface area contributed by atoms with E-state index in [1.54, 1.807) is 42.5 Å². The number of aromatic nitrogens is 4. The second-order valence-corrected chi connectivity index (χ2v) is 13.3. The molecule has 5 heterocycles. The molecule has 0 bridgehead atoms. The van der Waals surface area contributed by atoms with Crippen molar-refractivity contribution in [2.24, 2.45) is 0 Å². The molecular weight excluding hydrogens is 773 g/mol. The minimum absolute atomic E-state index is 0.0303. The molecule has 0 radical (unpaired) electrons. The van der Waals surface area contributed by atoms with Gasteiger partial charge in [0.15, 0.2) is 11.4 Å². The summed E-state index contributed by atoms with van der Waals surface area (Å²) in [7, 11) is 0. The quantitative estimate of drug-likeness (QED) is 0.0654. The van der Waals surface area contributed by atoms with Crippen LogP contribution in [0.25, 0.3) is 17.1 Å². The SMILES string of the molecule is O=C1CCC(N2C(=O)c3cccc(CCCNCc4ccc(-n5cc(NC(=O)c6coc(-c7ccnc(NCC(F)(F)F)c7)n6)c(C(F)F)n5)cc4)c3C2=O)C(=O)N1. The lowest BCUT2D eigenvalue weighted by Gasteiger charge is -2.27. The molecule has 15 nitrogen and oxygen atoms in total. The van der Waals surface area contributed by atoms with Crippen molar-refractivity contribution >= 4 is 41.0 Å². The molecule has 2 aromatic carbocycles. The van der Waals surface area contributed by atoms with E-state index in [-0.39, 0.29) is 52.6 Å². The number of benzene rings is 2. The third kappa shape index (κ3) is 8.60. The van der Waals surface area contributed by atoms with Gasteiger partial charge >= 0.3 is 6.18 Å². The second-order valence-electron chi connectivity index (χ2n) is 13.3. The van der Waals surface area contributed by atoms with Crippen molar-refractivity contribution in [1.82, 2.24) is 35.3 Å². The zero-order valence-electron chi connectivity index (χ0n) is 30.1. The molecule has 58 heavy (non-hydrogen) atoms. The number of hydrogen-bond donors (Lipinski definition) is 4. The van der Waals surface area contributed by atoms with Gasteiger partial charge < -0.3 is 20.4 Å². The average molecular weight is 806 g/mol. The largest absolute Gasteiger partial charge is 0.444 e. The molecule has 0 saturated carbocycles. The molecule has 7 rings (SSSR count). The minimum atomic E-state index is -4.48. The van der Waals surface area contributed by atoms with Gasteiger partial charge in [-0.2, -0.15) is 18.3 Å². The number of aryl methyl sites for hydroxylation is 1. The Hall–Kier alpha value is -6.83. The highest BCUT2D eigenvalue weighted by molar-refractivity contribution is 6.24. The smallest absolute Gasteiger partial charge is 0.405 e. The van der Waals surface area contributed by atoms with Crippen LogP contribution < -0.4 is 21.3 Å². The molecule has 1 fully saturated rings. The predicted octanol–water partition coefficient (Wildman–Crippen LogP) is 5.21. The standard InChI is InChI=1S/C38H32F5N9O6/c39-32(40)31-25(47-33(54)26-18-58-35(48-26)22-12-14-45-28(15-22)46-19-38(41,42)43)17-51(50-31)23-8-6-20(7-9-23)16-44-13-2-4-21-3-1-5-24-30(21)37(57)52(36(24)56)27-10-11-29(53)49-34(27)55/h1,3,5-9,12,14-15,17-18,27,32,44H,2,4,10-11,13,16,19H2,(H,45,46)(H,47,54)(H,49,53,55). The summed E-state index contributed by atoms with van der Waals surface area (Å²) >= 11 is 0. The van der Waals surface area contributed by atoms with Crippen LogP contribution in [0, 0.1) is 0 Å². The summed E-state index contributed by atoms with van der Waals surface area (Å²) < 4.78 is 72.2. The van der Waals surface area contributed by atoms with Crippen LogP contribution in [0.4, 0.5) is 33.5 Å². The Balaban J connectivity index is 0.926. The van der Waals surface area contributed by atoms with E-state index in [4.69, 9.17) is 4.42 Å². The number of nitrogens with one attached hydrogen (secondary N) is 4. The van der Waals surface area contributed by atoms with E-state index in [1.807, 2.05) is 0 Å². The van der Waals surface area contributed by atoms with Crippen molar-refractivity contribution in [1.29, 1.82) is 0 Å². The highest BCUT2D eigenvalue weighted by Gasteiger charge is 2.45. The lowest BCUT2D eigenvalue weighted by atomic mass is 9.99. The Bertz CT molecular complexity index is 2400. The fourth-order valence-electron chi connectivity index (χ4n) is 6.52. The maximum Gasteiger partial charge on any atom is 0.405 e. The summed E-state index contributed by atoms with van der Waals surface area (Å²) in [5.41, 5.74) is 1.39. The predicted molar refractivity (Wildman–Crippen MR) is 194 cm³/mol. The summed E-state index contributed by atoms with van der Waals surface area (Å²) in [4.78, 5) is 72.2. The van der Waals surface area contributed by atoms with E-state index in [2.05, 4.69) is 36.3 Å². The Kier molecular flexibility index (Phi) is 11.1. The number of anilines is 2. The van der Waals surface area contributed by atoms with Crippen LogP contribution in [-0.4, -0.2) is 79.5 Å². The maximum atomic E-state index is 14.0. The lowest BCUT2D eigenvalue weighted by molar-refractivity contribution is -0.136. The first kappa shape index (κ1) is 39.4. The van der Waals surface area contributed by atoms with E-state index in [9.17, 15) is 45.9 Å². The number of hydrogen-bond acceptors (Lipinski definition) is 11. The molecule has 2 aliphatic heterocycles. The fourth-order valence-corrected chi connectivity index (χ4v) is 6.52. The van der Waals surface area contributed by atoms with Crippen LogP contribution in [0.15, 0.2) is 77.7 Å². The number of pyridine rings is 1. The van der Waals surface area contributed by atoms with Crippen molar-refractivity contribution in [3.8, 4) is 17.1 Å². The Morgan fingerprint density at radius 1 is 1.03 bits per heavy atom. The zero-order valence-corrected chi connectivity index (χ0v) is 30.1. The van der Waals surface area contributed by atoms with Crippen LogP contribution in [0.5, 0.6) is 0 Å². The second kappa shape index (κ2) is 16.3. The Morgan fingerprint density at radius 2 is 1.83 bits per heavy atom. The van der Waals surface area contributed by atoms with E-state index < -0.39 is 60.4 Å². The number of halogens is 5. The zero-order chi connectivity index (χ0) is 41.1.